The average molecular weight is 575 g/mol. The maximum Gasteiger partial charge on any atom is 0.244 e. The highest BCUT2D eigenvalue weighted by Crippen LogP contribution is 2.68. The van der Waals surface area contributed by atoms with E-state index < -0.39 is 22.6 Å². The summed E-state index contributed by atoms with van der Waals surface area (Å²) >= 11 is 1.68. The van der Waals surface area contributed by atoms with E-state index in [-0.39, 0.29) is 35.5 Å². The number of likely N-dealkylation sites (tertiary alicyclic amines) is 1. The van der Waals surface area contributed by atoms with Gasteiger partial charge in [0.15, 0.2) is 0 Å². The standard InChI is InChI=1S/C29H42N4O6S/c1-3-39-21-8-6-20(7-9-21)31-26(35)23-22-18-19(2)29(40-22)24(23)28(37)33(11-4-5-15-34)25(29)27(36)30-10-12-32-13-16-38-17-14-32/h6-9,19,22-25,34H,3-5,10-18H2,1-2H3,(H,30,36)(H,31,35)/t19?,22-,23+,24+,25?,29?/m1/s1. The Bertz CT molecular complexity index is 1070. The Hall–Kier alpha value is -2.34. The van der Waals surface area contributed by atoms with Crippen molar-refractivity contribution in [1.82, 2.24) is 15.1 Å². The van der Waals surface area contributed by atoms with Crippen molar-refractivity contribution >= 4 is 35.2 Å². The largest absolute Gasteiger partial charge is 0.494 e. The van der Waals surface area contributed by atoms with Crippen molar-refractivity contribution in [1.29, 1.82) is 0 Å². The van der Waals surface area contributed by atoms with E-state index in [1.165, 1.54) is 0 Å². The minimum Gasteiger partial charge on any atom is -0.494 e. The van der Waals surface area contributed by atoms with Crippen LogP contribution in [0.3, 0.4) is 0 Å². The molecule has 220 valence electrons. The molecule has 0 saturated carbocycles. The highest BCUT2D eigenvalue weighted by Gasteiger charge is 2.75. The molecule has 3 unspecified atom stereocenters. The van der Waals surface area contributed by atoms with Crippen LogP contribution in [-0.2, 0) is 19.1 Å². The molecule has 4 saturated heterocycles. The van der Waals surface area contributed by atoms with Gasteiger partial charge in [-0.2, -0.15) is 0 Å². The molecular formula is C29H42N4O6S. The van der Waals surface area contributed by atoms with Gasteiger partial charge in [-0.1, -0.05) is 6.92 Å². The molecule has 3 N–H and O–H groups in total. The number of nitrogens with one attached hydrogen (secondary N) is 2. The first kappa shape index (κ1) is 29.2. The Balaban J connectivity index is 1.35. The van der Waals surface area contributed by atoms with Gasteiger partial charge in [0.1, 0.15) is 11.8 Å². The van der Waals surface area contributed by atoms with Crippen LogP contribution in [0, 0.1) is 17.8 Å². The van der Waals surface area contributed by atoms with E-state index in [0.29, 0.717) is 51.4 Å². The lowest BCUT2D eigenvalue weighted by molar-refractivity contribution is -0.139. The van der Waals surface area contributed by atoms with E-state index in [1.807, 2.05) is 31.2 Å². The maximum atomic E-state index is 14.1. The molecule has 1 aromatic rings. The van der Waals surface area contributed by atoms with Gasteiger partial charge in [-0.05, 0) is 56.4 Å². The van der Waals surface area contributed by atoms with Gasteiger partial charge in [0, 0.05) is 50.3 Å². The summed E-state index contributed by atoms with van der Waals surface area (Å²) in [6.07, 6.45) is 1.95. The number of benzene rings is 1. The lowest BCUT2D eigenvalue weighted by Gasteiger charge is -2.38. The van der Waals surface area contributed by atoms with E-state index in [1.54, 1.807) is 16.7 Å². The number of rotatable bonds is 12. The van der Waals surface area contributed by atoms with Gasteiger partial charge in [-0.15, -0.1) is 11.8 Å². The molecule has 0 aliphatic carbocycles. The third-order valence-corrected chi connectivity index (χ3v) is 10.9. The van der Waals surface area contributed by atoms with E-state index in [9.17, 15) is 19.5 Å². The number of carbonyl (C=O) groups excluding carboxylic acids is 3. The van der Waals surface area contributed by atoms with Crippen molar-refractivity contribution in [2.75, 3.05) is 64.5 Å². The summed E-state index contributed by atoms with van der Waals surface area (Å²) in [5.74, 6) is -0.637. The molecule has 3 amide bonds. The number of aliphatic hydroxyl groups is 1. The van der Waals surface area contributed by atoms with Crippen molar-refractivity contribution in [3.05, 3.63) is 24.3 Å². The van der Waals surface area contributed by atoms with Gasteiger partial charge in [0.25, 0.3) is 0 Å². The summed E-state index contributed by atoms with van der Waals surface area (Å²) in [7, 11) is 0. The van der Waals surface area contributed by atoms with Gasteiger partial charge in [-0.3, -0.25) is 19.3 Å². The number of unbranched alkanes of at least 4 members (excludes halogenated alkanes) is 1. The first-order chi connectivity index (χ1) is 19.4. The Labute approximate surface area is 240 Å². The molecule has 1 aromatic carbocycles. The summed E-state index contributed by atoms with van der Waals surface area (Å²) in [6.45, 7) is 9.35. The number of aliphatic hydroxyl groups excluding tert-OH is 1. The molecule has 5 rings (SSSR count). The fourth-order valence-corrected chi connectivity index (χ4v) is 9.46. The second kappa shape index (κ2) is 12.7. The molecule has 4 aliphatic rings. The van der Waals surface area contributed by atoms with E-state index in [2.05, 4.69) is 22.5 Å². The minimum absolute atomic E-state index is 0.0186. The molecule has 11 heteroatoms. The lowest BCUT2D eigenvalue weighted by Crippen LogP contribution is -2.57. The highest BCUT2D eigenvalue weighted by molar-refractivity contribution is 8.02. The van der Waals surface area contributed by atoms with Gasteiger partial charge < -0.3 is 30.1 Å². The predicted molar refractivity (Wildman–Crippen MR) is 153 cm³/mol. The van der Waals surface area contributed by atoms with Crippen LogP contribution >= 0.6 is 11.8 Å². The SMILES string of the molecule is CCOc1ccc(NC(=O)[C@@H]2[C@H]3C(=O)N(CCCCO)C(C(=O)NCCN4CCOCC4)C34S[C@@H]2CC4C)cc1. The number of hydrogen-bond acceptors (Lipinski definition) is 8. The van der Waals surface area contributed by atoms with Crippen molar-refractivity contribution in [2.24, 2.45) is 17.8 Å². The number of carbonyl (C=O) groups is 3. The number of nitrogens with zero attached hydrogens (tertiary/aromatic N) is 2. The van der Waals surface area contributed by atoms with Crippen LogP contribution in [0.1, 0.15) is 33.1 Å². The first-order valence-corrected chi connectivity index (χ1v) is 15.5. The Morgan fingerprint density at radius 2 is 1.90 bits per heavy atom. The van der Waals surface area contributed by atoms with Crippen LogP contribution in [0.5, 0.6) is 5.75 Å². The monoisotopic (exact) mass is 574 g/mol. The molecule has 4 fully saturated rings. The van der Waals surface area contributed by atoms with Crippen molar-refractivity contribution in [3.8, 4) is 5.75 Å². The minimum atomic E-state index is -0.648. The zero-order valence-electron chi connectivity index (χ0n) is 23.5. The Kier molecular flexibility index (Phi) is 9.24. The number of anilines is 1. The molecule has 0 radical (unpaired) electrons. The molecular weight excluding hydrogens is 532 g/mol. The molecule has 4 heterocycles. The van der Waals surface area contributed by atoms with Crippen LogP contribution in [0.4, 0.5) is 5.69 Å². The number of amides is 3. The maximum absolute atomic E-state index is 14.1. The van der Waals surface area contributed by atoms with Crippen LogP contribution in [0.25, 0.3) is 0 Å². The number of fused-ring (bicyclic) bond motifs is 1. The highest BCUT2D eigenvalue weighted by atomic mass is 32.2. The summed E-state index contributed by atoms with van der Waals surface area (Å²) in [5, 5.41) is 15.5. The number of ether oxygens (including phenoxy) is 2. The van der Waals surface area contributed by atoms with Crippen molar-refractivity contribution < 1.29 is 29.0 Å². The zero-order chi connectivity index (χ0) is 28.3. The predicted octanol–water partition coefficient (Wildman–Crippen LogP) is 1.58. The van der Waals surface area contributed by atoms with Crippen LogP contribution in [-0.4, -0.2) is 108 Å². The third-order valence-electron chi connectivity index (χ3n) is 8.87. The molecule has 10 nitrogen and oxygen atoms in total. The van der Waals surface area contributed by atoms with E-state index in [4.69, 9.17) is 9.47 Å². The van der Waals surface area contributed by atoms with Gasteiger partial charge in [0.05, 0.1) is 36.4 Å². The normalized spacial score (nSPS) is 31.3. The number of thioether (sulfide) groups is 1. The summed E-state index contributed by atoms with van der Waals surface area (Å²) in [6, 6.07) is 6.62. The molecule has 4 aliphatic heterocycles. The molecule has 6 atom stereocenters. The smallest absolute Gasteiger partial charge is 0.244 e. The second-order valence-corrected chi connectivity index (χ2v) is 12.8. The third kappa shape index (κ3) is 5.45. The molecule has 1 spiro atoms. The topological polar surface area (TPSA) is 120 Å². The lowest BCUT2D eigenvalue weighted by atomic mass is 9.66. The van der Waals surface area contributed by atoms with Crippen LogP contribution in [0.15, 0.2) is 24.3 Å². The summed E-state index contributed by atoms with van der Waals surface area (Å²) < 4.78 is 10.3. The number of morpholine rings is 1. The average Bonchev–Trinajstić information content (AvgIpc) is 3.54. The zero-order valence-corrected chi connectivity index (χ0v) is 24.3. The van der Waals surface area contributed by atoms with E-state index >= 15 is 0 Å². The van der Waals surface area contributed by atoms with Gasteiger partial charge in [0.2, 0.25) is 17.7 Å². The van der Waals surface area contributed by atoms with Gasteiger partial charge in [-0.25, -0.2) is 0 Å². The van der Waals surface area contributed by atoms with Crippen molar-refractivity contribution in [3.63, 3.8) is 0 Å². The fraction of sp³-hybridized carbons (Fsp3) is 0.690. The van der Waals surface area contributed by atoms with E-state index in [0.717, 1.165) is 31.8 Å². The Morgan fingerprint density at radius 1 is 1.15 bits per heavy atom. The van der Waals surface area contributed by atoms with Gasteiger partial charge >= 0.3 is 0 Å². The summed E-state index contributed by atoms with van der Waals surface area (Å²) in [4.78, 5) is 45.7. The molecule has 0 aromatic heterocycles. The quantitative estimate of drug-likeness (QED) is 0.322. The van der Waals surface area contributed by atoms with Crippen LogP contribution in [0.2, 0.25) is 0 Å². The van der Waals surface area contributed by atoms with Crippen LogP contribution < -0.4 is 15.4 Å². The second-order valence-electron chi connectivity index (χ2n) is 11.2. The number of hydrogen-bond donors (Lipinski definition) is 3. The Morgan fingerprint density at radius 3 is 2.60 bits per heavy atom. The molecule has 40 heavy (non-hydrogen) atoms. The summed E-state index contributed by atoms with van der Waals surface area (Å²) in [5.41, 5.74) is 0.658. The first-order valence-electron chi connectivity index (χ1n) is 14.6. The van der Waals surface area contributed by atoms with Crippen molar-refractivity contribution in [2.45, 2.75) is 49.1 Å². The fourth-order valence-electron chi connectivity index (χ4n) is 7.04. The molecule has 2 bridgehead atoms.